The summed E-state index contributed by atoms with van der Waals surface area (Å²) in [4.78, 5) is 14.8. The first-order valence-electron chi connectivity index (χ1n) is 12.6. The van der Waals surface area contributed by atoms with Crippen molar-refractivity contribution in [2.45, 2.75) is 90.0 Å². The fourth-order valence-electron chi connectivity index (χ4n) is 6.04. The van der Waals surface area contributed by atoms with Crippen molar-refractivity contribution in [3.05, 3.63) is 35.5 Å². The second kappa shape index (κ2) is 8.01. The summed E-state index contributed by atoms with van der Waals surface area (Å²) in [5.41, 5.74) is 3.42. The molecule has 34 heavy (non-hydrogen) atoms. The SMILES string of the molecule is Cc1c2c(nn1C1CCN(C(=O)OC(C)(C)C)C(C)(C)C1)-c1ccccc1OC21CCNCC1. The molecule has 1 unspecified atom stereocenters. The van der Waals surface area contributed by atoms with Crippen molar-refractivity contribution in [1.82, 2.24) is 20.0 Å². The van der Waals surface area contributed by atoms with Gasteiger partial charge in [0.25, 0.3) is 0 Å². The van der Waals surface area contributed by atoms with Crippen LogP contribution in [0.15, 0.2) is 24.3 Å². The van der Waals surface area contributed by atoms with Crippen LogP contribution in [0.2, 0.25) is 0 Å². The number of ether oxygens (including phenoxy) is 2. The molecule has 7 heteroatoms. The van der Waals surface area contributed by atoms with Crippen LogP contribution in [0.5, 0.6) is 5.75 Å². The van der Waals surface area contributed by atoms with Gasteiger partial charge in [-0.15, -0.1) is 0 Å². The molecule has 7 nitrogen and oxygen atoms in total. The maximum absolute atomic E-state index is 12.9. The first-order chi connectivity index (χ1) is 16.0. The predicted molar refractivity (Wildman–Crippen MR) is 132 cm³/mol. The van der Waals surface area contributed by atoms with E-state index in [0.29, 0.717) is 6.54 Å². The van der Waals surface area contributed by atoms with E-state index in [1.54, 1.807) is 0 Å². The number of carbonyl (C=O) groups excluding carboxylic acids is 1. The first kappa shape index (κ1) is 23.2. The van der Waals surface area contributed by atoms with Gasteiger partial charge in [-0.25, -0.2) is 4.79 Å². The molecule has 184 valence electrons. The van der Waals surface area contributed by atoms with Crippen LogP contribution < -0.4 is 10.1 Å². The highest BCUT2D eigenvalue weighted by Gasteiger charge is 2.47. The van der Waals surface area contributed by atoms with Gasteiger partial charge in [0.1, 0.15) is 22.6 Å². The molecule has 0 bridgehead atoms. The van der Waals surface area contributed by atoms with Crippen LogP contribution in [-0.2, 0) is 10.3 Å². The Hall–Kier alpha value is -2.54. The molecule has 2 aromatic rings. The highest BCUT2D eigenvalue weighted by molar-refractivity contribution is 5.74. The number of carbonyl (C=O) groups is 1. The van der Waals surface area contributed by atoms with Crippen LogP contribution in [-0.4, -0.2) is 51.5 Å². The van der Waals surface area contributed by atoms with Crippen LogP contribution in [0.1, 0.15) is 77.6 Å². The van der Waals surface area contributed by atoms with E-state index in [9.17, 15) is 4.79 Å². The second-order valence-corrected chi connectivity index (χ2v) is 11.7. The number of fused-ring (bicyclic) bond motifs is 4. The minimum Gasteiger partial charge on any atom is -0.482 e. The number of rotatable bonds is 1. The van der Waals surface area contributed by atoms with Gasteiger partial charge >= 0.3 is 6.09 Å². The van der Waals surface area contributed by atoms with Gasteiger partial charge in [-0.1, -0.05) is 12.1 Å². The molecule has 0 saturated carbocycles. The van der Waals surface area contributed by atoms with Crippen molar-refractivity contribution in [2.24, 2.45) is 0 Å². The van der Waals surface area contributed by atoms with Crippen molar-refractivity contribution in [3.8, 4) is 17.0 Å². The van der Waals surface area contributed by atoms with Crippen molar-refractivity contribution in [3.63, 3.8) is 0 Å². The molecule has 1 amide bonds. The number of para-hydroxylation sites is 1. The standard InChI is InChI=1S/C27H38N4O3/c1-18-22-23(20-9-7-8-10-21(20)33-27(22)12-14-28-15-13-27)29-31(18)19-11-16-30(26(5,6)17-19)24(32)34-25(2,3)4/h7-10,19,28H,11-17H2,1-6H3. The Balaban J connectivity index is 1.50. The number of nitrogens with one attached hydrogen (secondary N) is 1. The monoisotopic (exact) mass is 466 g/mol. The quantitative estimate of drug-likeness (QED) is 0.627. The van der Waals surface area contributed by atoms with Crippen LogP contribution in [0, 0.1) is 6.92 Å². The molecule has 3 aliphatic rings. The smallest absolute Gasteiger partial charge is 0.410 e. The zero-order valence-corrected chi connectivity index (χ0v) is 21.4. The average Bonchev–Trinajstić information content (AvgIpc) is 3.11. The molecule has 1 N–H and O–H groups in total. The molecular formula is C27H38N4O3. The van der Waals surface area contributed by atoms with Gasteiger partial charge < -0.3 is 19.7 Å². The Labute approximate surface area is 202 Å². The number of likely N-dealkylation sites (tertiary alicyclic amines) is 1. The number of nitrogens with zero attached hydrogens (tertiary/aromatic N) is 3. The van der Waals surface area contributed by atoms with Crippen molar-refractivity contribution >= 4 is 6.09 Å². The highest BCUT2D eigenvalue weighted by atomic mass is 16.6. The van der Waals surface area contributed by atoms with E-state index in [2.05, 4.69) is 49.0 Å². The van der Waals surface area contributed by atoms with E-state index in [1.807, 2.05) is 31.7 Å². The molecule has 3 aliphatic heterocycles. The Morgan fingerprint density at radius 1 is 1.21 bits per heavy atom. The Bertz CT molecular complexity index is 1090. The van der Waals surface area contributed by atoms with Crippen molar-refractivity contribution in [2.75, 3.05) is 19.6 Å². The molecule has 0 aliphatic carbocycles. The zero-order chi connectivity index (χ0) is 24.3. The Kier molecular flexibility index (Phi) is 5.47. The van der Waals surface area contributed by atoms with Gasteiger partial charge in [0, 0.05) is 41.7 Å². The molecular weight excluding hydrogens is 428 g/mol. The van der Waals surface area contributed by atoms with E-state index in [4.69, 9.17) is 14.6 Å². The summed E-state index contributed by atoms with van der Waals surface area (Å²) in [6.07, 6.45) is 3.31. The van der Waals surface area contributed by atoms with Gasteiger partial charge in [0.15, 0.2) is 0 Å². The molecule has 4 heterocycles. The van der Waals surface area contributed by atoms with Gasteiger partial charge in [-0.05, 0) is 79.6 Å². The van der Waals surface area contributed by atoms with Gasteiger partial charge in [-0.2, -0.15) is 5.10 Å². The van der Waals surface area contributed by atoms with Gasteiger partial charge in [0.05, 0.1) is 6.04 Å². The molecule has 2 fully saturated rings. The summed E-state index contributed by atoms with van der Waals surface area (Å²) in [6.45, 7) is 14.7. The lowest BCUT2D eigenvalue weighted by molar-refractivity contribution is -0.0144. The maximum atomic E-state index is 12.9. The summed E-state index contributed by atoms with van der Waals surface area (Å²) < 4.78 is 14.7. The lowest BCUT2D eigenvalue weighted by Crippen LogP contribution is -2.54. The molecule has 5 rings (SSSR count). The first-order valence-corrected chi connectivity index (χ1v) is 12.6. The third kappa shape index (κ3) is 3.88. The number of hydrogen-bond donors (Lipinski definition) is 1. The maximum Gasteiger partial charge on any atom is 0.410 e. The molecule has 1 spiro atoms. The van der Waals surface area contributed by atoms with E-state index < -0.39 is 5.60 Å². The average molecular weight is 467 g/mol. The molecule has 0 radical (unpaired) electrons. The molecule has 1 atom stereocenters. The minimum atomic E-state index is -0.502. The molecule has 2 saturated heterocycles. The largest absolute Gasteiger partial charge is 0.482 e. The van der Waals surface area contributed by atoms with E-state index in [1.165, 1.54) is 11.3 Å². The lowest BCUT2D eigenvalue weighted by atomic mass is 9.80. The Morgan fingerprint density at radius 2 is 1.91 bits per heavy atom. The summed E-state index contributed by atoms with van der Waals surface area (Å²) in [5.74, 6) is 0.932. The normalized spacial score (nSPS) is 23.1. The number of aromatic nitrogens is 2. The third-order valence-electron chi connectivity index (χ3n) is 7.58. The van der Waals surface area contributed by atoms with E-state index in [-0.39, 0.29) is 23.3 Å². The molecule has 1 aromatic heterocycles. The second-order valence-electron chi connectivity index (χ2n) is 11.7. The minimum absolute atomic E-state index is 0.213. The topological polar surface area (TPSA) is 68.6 Å². The van der Waals surface area contributed by atoms with Crippen molar-refractivity contribution < 1.29 is 14.3 Å². The van der Waals surface area contributed by atoms with E-state index in [0.717, 1.165) is 55.8 Å². The predicted octanol–water partition coefficient (Wildman–Crippen LogP) is 5.18. The lowest BCUT2D eigenvalue weighted by Gasteiger charge is -2.45. The van der Waals surface area contributed by atoms with Crippen LogP contribution in [0.25, 0.3) is 11.3 Å². The zero-order valence-electron chi connectivity index (χ0n) is 21.4. The van der Waals surface area contributed by atoms with Crippen LogP contribution in [0.3, 0.4) is 0 Å². The summed E-state index contributed by atoms with van der Waals surface area (Å²) in [6, 6.07) is 8.50. The number of benzene rings is 1. The fourth-order valence-corrected chi connectivity index (χ4v) is 6.04. The van der Waals surface area contributed by atoms with Gasteiger partial charge in [-0.3, -0.25) is 4.68 Å². The van der Waals surface area contributed by atoms with Gasteiger partial charge in [0.2, 0.25) is 0 Å². The molecule has 1 aromatic carbocycles. The summed E-state index contributed by atoms with van der Waals surface area (Å²) in [7, 11) is 0. The van der Waals surface area contributed by atoms with Crippen molar-refractivity contribution in [1.29, 1.82) is 0 Å². The van der Waals surface area contributed by atoms with E-state index >= 15 is 0 Å². The third-order valence-corrected chi connectivity index (χ3v) is 7.58. The van der Waals surface area contributed by atoms with Crippen LogP contribution >= 0.6 is 0 Å². The number of amides is 1. The Morgan fingerprint density at radius 3 is 2.59 bits per heavy atom. The number of piperidine rings is 2. The summed E-state index contributed by atoms with van der Waals surface area (Å²) >= 11 is 0. The number of hydrogen-bond acceptors (Lipinski definition) is 5. The fraction of sp³-hybridized carbons (Fsp3) is 0.630. The summed E-state index contributed by atoms with van der Waals surface area (Å²) in [5, 5.41) is 8.73. The highest BCUT2D eigenvalue weighted by Crippen LogP contribution is 2.50. The van der Waals surface area contributed by atoms with Crippen LogP contribution in [0.4, 0.5) is 4.79 Å².